The predicted molar refractivity (Wildman–Crippen MR) is 151 cm³/mol. The number of piperidine rings is 1. The van der Waals surface area contributed by atoms with Crippen LogP contribution in [0.1, 0.15) is 44.7 Å². The Balaban J connectivity index is 1.18. The Labute approximate surface area is 235 Å². The first-order valence-electron chi connectivity index (χ1n) is 13.6. The molecule has 3 N–H and O–H groups in total. The van der Waals surface area contributed by atoms with Crippen LogP contribution in [0.5, 0.6) is 5.75 Å². The van der Waals surface area contributed by atoms with Gasteiger partial charge in [-0.25, -0.2) is 4.39 Å². The van der Waals surface area contributed by atoms with Crippen molar-refractivity contribution in [3.8, 4) is 5.75 Å². The zero-order chi connectivity index (χ0) is 28.7. The lowest BCUT2D eigenvalue weighted by molar-refractivity contribution is 0.0516. The van der Waals surface area contributed by atoms with Crippen LogP contribution in [0.2, 0.25) is 0 Å². The lowest BCUT2D eigenvalue weighted by Gasteiger charge is -2.33. The van der Waals surface area contributed by atoms with Crippen LogP contribution in [0.25, 0.3) is 0 Å². The first-order valence-corrected chi connectivity index (χ1v) is 13.6. The number of aromatic nitrogens is 1. The van der Waals surface area contributed by atoms with Crippen LogP contribution in [0.4, 0.5) is 15.8 Å². The van der Waals surface area contributed by atoms with Crippen LogP contribution < -0.4 is 15.6 Å². The number of aliphatic imine (C=N–C) groups is 1. The van der Waals surface area contributed by atoms with Crippen LogP contribution in [0.15, 0.2) is 58.4 Å². The monoisotopic (exact) mass is 559 g/mol. The average molecular weight is 560 g/mol. The van der Waals surface area contributed by atoms with Gasteiger partial charge in [0.15, 0.2) is 0 Å². The lowest BCUT2D eigenvalue weighted by Crippen LogP contribution is -2.46. The van der Waals surface area contributed by atoms with Crippen molar-refractivity contribution in [3.63, 3.8) is 0 Å². The fourth-order valence-corrected chi connectivity index (χ4v) is 5.63. The minimum Gasteiger partial charge on any atom is -0.491 e. The second kappa shape index (κ2) is 10.9. The molecule has 0 aliphatic carbocycles. The van der Waals surface area contributed by atoms with Crippen molar-refractivity contribution in [2.24, 2.45) is 4.99 Å². The number of likely N-dealkylation sites (tertiary alicyclic amines) is 1. The number of rotatable bonds is 8. The lowest BCUT2D eigenvalue weighted by atomic mass is 10.00. The molecule has 4 heterocycles. The van der Waals surface area contributed by atoms with Gasteiger partial charge in [-0.15, -0.1) is 0 Å². The van der Waals surface area contributed by atoms with E-state index in [9.17, 15) is 23.9 Å². The first-order chi connectivity index (χ1) is 19.8. The van der Waals surface area contributed by atoms with Crippen molar-refractivity contribution in [2.45, 2.75) is 31.4 Å². The minimum atomic E-state index is -0.944. The summed E-state index contributed by atoms with van der Waals surface area (Å²) in [5.41, 5.74) is 2.97. The molecule has 11 heteroatoms. The number of carbonyl (C=O) groups excluding carboxylic acids is 2. The van der Waals surface area contributed by atoms with Crippen molar-refractivity contribution in [2.75, 3.05) is 38.6 Å². The van der Waals surface area contributed by atoms with Gasteiger partial charge >= 0.3 is 0 Å². The fraction of sp³-hybridized carbons (Fsp3) is 0.333. The zero-order valence-electron chi connectivity index (χ0n) is 22.5. The van der Waals surface area contributed by atoms with Gasteiger partial charge in [0.05, 0.1) is 33.8 Å². The number of imide groups is 1. The van der Waals surface area contributed by atoms with Crippen LogP contribution in [0, 0.1) is 5.82 Å². The molecule has 0 radical (unpaired) electrons. The highest BCUT2D eigenvalue weighted by Gasteiger charge is 2.42. The van der Waals surface area contributed by atoms with Gasteiger partial charge in [0.25, 0.3) is 17.4 Å². The molecule has 0 saturated carbocycles. The molecule has 1 saturated heterocycles. The van der Waals surface area contributed by atoms with Gasteiger partial charge in [0, 0.05) is 31.3 Å². The SMILES string of the molecule is CN1CCC(N2C(=O)c3cc4c(cc3C2=O)N=C(c2c(NCC(O)COc3cccc(F)c3)cc[nH]c2=O)C4)CC1. The number of nitrogens with zero attached hydrogens (tertiary/aromatic N) is 3. The number of H-pyrrole nitrogens is 1. The molecule has 0 bridgehead atoms. The minimum absolute atomic E-state index is 0.0656. The van der Waals surface area contributed by atoms with E-state index in [1.165, 1.54) is 29.3 Å². The van der Waals surface area contributed by atoms with Gasteiger partial charge < -0.3 is 25.0 Å². The van der Waals surface area contributed by atoms with Crippen LogP contribution >= 0.6 is 0 Å². The third kappa shape index (κ3) is 5.25. The molecule has 0 spiro atoms. The molecule has 1 fully saturated rings. The Morgan fingerprint density at radius 2 is 1.88 bits per heavy atom. The summed E-state index contributed by atoms with van der Waals surface area (Å²) < 4.78 is 18.8. The van der Waals surface area contributed by atoms with Crippen molar-refractivity contribution >= 4 is 28.9 Å². The molecule has 1 aromatic heterocycles. The topological polar surface area (TPSA) is 127 Å². The van der Waals surface area contributed by atoms with Crippen LogP contribution in [-0.4, -0.2) is 82.9 Å². The third-order valence-corrected chi connectivity index (χ3v) is 7.80. The molecule has 212 valence electrons. The molecule has 1 atom stereocenters. The number of nitrogens with one attached hydrogen (secondary N) is 2. The summed E-state index contributed by atoms with van der Waals surface area (Å²) >= 11 is 0. The van der Waals surface area contributed by atoms with Gasteiger partial charge in [0.2, 0.25) is 0 Å². The molecule has 10 nitrogen and oxygen atoms in total. The fourth-order valence-electron chi connectivity index (χ4n) is 5.63. The Kier molecular flexibility index (Phi) is 7.14. The Hall–Kier alpha value is -4.35. The molecule has 41 heavy (non-hydrogen) atoms. The molecule has 6 rings (SSSR count). The van der Waals surface area contributed by atoms with Crippen LogP contribution in [-0.2, 0) is 6.42 Å². The van der Waals surface area contributed by atoms with Crippen molar-refractivity contribution in [1.82, 2.24) is 14.8 Å². The number of carbonyl (C=O) groups is 2. The van der Waals surface area contributed by atoms with E-state index in [4.69, 9.17) is 4.74 Å². The Bertz CT molecular complexity index is 1610. The smallest absolute Gasteiger partial charge is 0.261 e. The van der Waals surface area contributed by atoms with Crippen LogP contribution in [0.3, 0.4) is 0 Å². The molecular weight excluding hydrogens is 529 g/mol. The maximum absolute atomic E-state index is 13.4. The largest absolute Gasteiger partial charge is 0.491 e. The summed E-state index contributed by atoms with van der Waals surface area (Å²) in [4.78, 5) is 50.4. The summed E-state index contributed by atoms with van der Waals surface area (Å²) in [7, 11) is 2.03. The quantitative estimate of drug-likeness (QED) is 0.362. The number of benzene rings is 2. The number of fused-ring (bicyclic) bond motifs is 2. The summed E-state index contributed by atoms with van der Waals surface area (Å²) in [5.74, 6) is -0.696. The van der Waals surface area contributed by atoms with Crippen molar-refractivity contribution < 1.29 is 23.8 Å². The molecule has 3 aliphatic heterocycles. The van der Waals surface area contributed by atoms with E-state index < -0.39 is 11.9 Å². The number of pyridine rings is 1. The number of aromatic amines is 1. The van der Waals surface area contributed by atoms with Gasteiger partial charge in [-0.3, -0.25) is 24.3 Å². The Morgan fingerprint density at radius 3 is 2.63 bits per heavy atom. The maximum atomic E-state index is 13.4. The van der Waals surface area contributed by atoms with Gasteiger partial charge in [0.1, 0.15) is 24.3 Å². The maximum Gasteiger partial charge on any atom is 0.261 e. The molecule has 3 aliphatic rings. The number of hydrogen-bond acceptors (Lipinski definition) is 8. The van der Waals surface area contributed by atoms with Crippen molar-refractivity contribution in [3.05, 3.63) is 87.1 Å². The number of amides is 2. The normalized spacial score (nSPS) is 17.8. The van der Waals surface area contributed by atoms with Gasteiger partial charge in [-0.05, 0) is 68.9 Å². The second-order valence-electron chi connectivity index (χ2n) is 10.7. The van der Waals surface area contributed by atoms with Crippen molar-refractivity contribution in [1.29, 1.82) is 0 Å². The summed E-state index contributed by atoms with van der Waals surface area (Å²) in [5, 5.41) is 13.5. The molecule has 2 aromatic carbocycles. The number of aliphatic hydroxyl groups is 1. The molecule has 1 unspecified atom stereocenters. The first kappa shape index (κ1) is 26.9. The Morgan fingerprint density at radius 1 is 1.12 bits per heavy atom. The van der Waals surface area contributed by atoms with E-state index in [1.807, 2.05) is 7.05 Å². The van der Waals surface area contributed by atoms with Gasteiger partial charge in [-0.2, -0.15) is 0 Å². The van der Waals surface area contributed by atoms with E-state index >= 15 is 0 Å². The van der Waals surface area contributed by atoms with E-state index in [2.05, 4.69) is 20.2 Å². The molecule has 2 amide bonds. The van der Waals surface area contributed by atoms with E-state index in [-0.39, 0.29) is 36.6 Å². The molecular formula is C30H30FN5O5. The van der Waals surface area contributed by atoms with E-state index in [0.717, 1.165) is 31.5 Å². The third-order valence-electron chi connectivity index (χ3n) is 7.80. The highest BCUT2D eigenvalue weighted by molar-refractivity contribution is 6.22. The number of aliphatic hydroxyl groups excluding tert-OH is 1. The predicted octanol–water partition coefficient (Wildman–Crippen LogP) is 2.73. The standard InChI is InChI=1S/C30H30FN5O5/c1-35-9-6-19(7-10-35)36-29(39)22-11-17-12-26(34-25(17)14-23(22)30(36)40)27-24(5-8-32-28(27)38)33-15-20(37)16-41-21-4-2-3-18(31)13-21/h2-5,8,11,13-14,19-20,37H,6-7,9-10,12,15-16H2,1H3,(H2,32,33,38). The second-order valence-corrected chi connectivity index (χ2v) is 10.7. The number of anilines is 1. The van der Waals surface area contributed by atoms with Gasteiger partial charge in [-0.1, -0.05) is 6.07 Å². The summed E-state index contributed by atoms with van der Waals surface area (Å²) in [6.07, 6.45) is 2.37. The average Bonchev–Trinajstić information content (AvgIpc) is 3.47. The summed E-state index contributed by atoms with van der Waals surface area (Å²) in [6, 6.07) is 10.6. The number of ether oxygens (including phenoxy) is 1. The van der Waals surface area contributed by atoms with E-state index in [0.29, 0.717) is 45.9 Å². The zero-order valence-corrected chi connectivity index (χ0v) is 22.5. The highest BCUT2D eigenvalue weighted by Crippen LogP contribution is 2.37. The number of hydrogen-bond donors (Lipinski definition) is 3. The molecule has 3 aromatic rings. The number of halogens is 1. The highest BCUT2D eigenvalue weighted by atomic mass is 19.1. The summed E-state index contributed by atoms with van der Waals surface area (Å²) in [6.45, 7) is 1.65. The van der Waals surface area contributed by atoms with E-state index in [1.54, 1.807) is 24.3 Å².